The highest BCUT2D eigenvalue weighted by Gasteiger charge is 2.37. The SMILES string of the molecule is NC1(CCc2cncc3c2CSC3)CC1. The lowest BCUT2D eigenvalue weighted by atomic mass is 10.00. The molecule has 1 aliphatic carbocycles. The molecule has 0 radical (unpaired) electrons. The normalized spacial score (nSPS) is 21.4. The summed E-state index contributed by atoms with van der Waals surface area (Å²) < 4.78 is 0. The largest absolute Gasteiger partial charge is 0.325 e. The third kappa shape index (κ3) is 1.91. The predicted octanol–water partition coefficient (Wildman–Crippen LogP) is 2.25. The Hall–Kier alpha value is -0.540. The molecule has 80 valence electrons. The molecule has 1 aromatic heterocycles. The average Bonchev–Trinajstić information content (AvgIpc) is 2.80. The maximum atomic E-state index is 6.11. The molecule has 0 saturated heterocycles. The minimum absolute atomic E-state index is 0.175. The van der Waals surface area contributed by atoms with Crippen LogP contribution in [0.5, 0.6) is 0 Å². The molecular weight excluding hydrogens is 204 g/mol. The minimum atomic E-state index is 0.175. The van der Waals surface area contributed by atoms with Gasteiger partial charge in [-0.1, -0.05) is 0 Å². The van der Waals surface area contributed by atoms with Crippen LogP contribution in [0.25, 0.3) is 0 Å². The van der Waals surface area contributed by atoms with Gasteiger partial charge in [-0.25, -0.2) is 0 Å². The molecule has 0 bridgehead atoms. The third-order valence-corrected chi connectivity index (χ3v) is 4.53. The molecule has 1 aliphatic heterocycles. The minimum Gasteiger partial charge on any atom is -0.325 e. The molecule has 2 heterocycles. The van der Waals surface area contributed by atoms with E-state index in [-0.39, 0.29) is 5.54 Å². The topological polar surface area (TPSA) is 38.9 Å². The first-order chi connectivity index (χ1) is 7.27. The summed E-state index contributed by atoms with van der Waals surface area (Å²) in [5.74, 6) is 2.31. The molecule has 2 N–H and O–H groups in total. The number of fused-ring (bicyclic) bond motifs is 1. The number of aromatic nitrogens is 1. The number of nitrogens with zero attached hydrogens (tertiary/aromatic N) is 1. The molecule has 1 aromatic rings. The summed E-state index contributed by atoms with van der Waals surface area (Å²) >= 11 is 1.99. The van der Waals surface area contributed by atoms with Crippen LogP contribution in [-0.4, -0.2) is 10.5 Å². The number of rotatable bonds is 3. The molecule has 0 unspecified atom stereocenters. The van der Waals surface area contributed by atoms with Gasteiger partial charge in [-0.2, -0.15) is 11.8 Å². The van der Waals surface area contributed by atoms with Gasteiger partial charge in [-0.3, -0.25) is 4.98 Å². The van der Waals surface area contributed by atoms with Gasteiger partial charge < -0.3 is 5.73 Å². The van der Waals surface area contributed by atoms with Crippen molar-refractivity contribution in [3.05, 3.63) is 29.1 Å². The van der Waals surface area contributed by atoms with E-state index in [0.717, 1.165) is 18.6 Å². The van der Waals surface area contributed by atoms with E-state index in [2.05, 4.69) is 4.98 Å². The van der Waals surface area contributed by atoms with E-state index in [9.17, 15) is 0 Å². The second kappa shape index (κ2) is 3.49. The number of nitrogens with two attached hydrogens (primary N) is 1. The van der Waals surface area contributed by atoms with Crippen LogP contribution in [0.15, 0.2) is 12.4 Å². The number of aryl methyl sites for hydroxylation is 1. The molecule has 3 rings (SSSR count). The summed E-state index contributed by atoms with van der Waals surface area (Å²) in [5, 5.41) is 0. The van der Waals surface area contributed by atoms with E-state index >= 15 is 0 Å². The molecule has 0 spiro atoms. The van der Waals surface area contributed by atoms with Crippen LogP contribution >= 0.6 is 11.8 Å². The summed E-state index contributed by atoms with van der Waals surface area (Å²) in [7, 11) is 0. The van der Waals surface area contributed by atoms with Gasteiger partial charge in [-0.15, -0.1) is 0 Å². The fraction of sp³-hybridized carbons (Fsp3) is 0.583. The van der Waals surface area contributed by atoms with Crippen LogP contribution in [0.3, 0.4) is 0 Å². The zero-order valence-electron chi connectivity index (χ0n) is 8.83. The molecule has 2 nitrogen and oxygen atoms in total. The number of pyridine rings is 1. The Morgan fingerprint density at radius 2 is 2.20 bits per heavy atom. The maximum absolute atomic E-state index is 6.11. The summed E-state index contributed by atoms with van der Waals surface area (Å²) in [6.45, 7) is 0. The predicted molar refractivity (Wildman–Crippen MR) is 63.7 cm³/mol. The smallest absolute Gasteiger partial charge is 0.0311 e. The first-order valence-electron chi connectivity index (χ1n) is 5.58. The second-order valence-corrected chi connectivity index (χ2v) is 5.78. The van der Waals surface area contributed by atoms with Crippen molar-refractivity contribution < 1.29 is 0 Å². The zero-order valence-corrected chi connectivity index (χ0v) is 9.65. The molecule has 1 fully saturated rings. The van der Waals surface area contributed by atoms with E-state index in [4.69, 9.17) is 5.73 Å². The molecular formula is C12H16N2S. The number of hydrogen-bond acceptors (Lipinski definition) is 3. The van der Waals surface area contributed by atoms with Crippen molar-refractivity contribution in [2.45, 2.75) is 42.7 Å². The molecule has 2 aliphatic rings. The Labute approximate surface area is 94.7 Å². The molecule has 0 atom stereocenters. The third-order valence-electron chi connectivity index (χ3n) is 3.52. The van der Waals surface area contributed by atoms with Crippen LogP contribution in [0.1, 0.15) is 36.0 Å². The molecule has 0 aromatic carbocycles. The van der Waals surface area contributed by atoms with Crippen molar-refractivity contribution >= 4 is 11.8 Å². The van der Waals surface area contributed by atoms with Crippen molar-refractivity contribution in [2.24, 2.45) is 5.73 Å². The van der Waals surface area contributed by atoms with E-state index in [1.54, 1.807) is 5.56 Å². The summed E-state index contributed by atoms with van der Waals surface area (Å²) in [6.07, 6.45) is 8.74. The Morgan fingerprint density at radius 1 is 1.33 bits per heavy atom. The Balaban J connectivity index is 1.77. The van der Waals surface area contributed by atoms with Gasteiger partial charge in [0.25, 0.3) is 0 Å². The lowest BCUT2D eigenvalue weighted by Crippen LogP contribution is -2.22. The van der Waals surface area contributed by atoms with Gasteiger partial charge in [0.15, 0.2) is 0 Å². The first-order valence-corrected chi connectivity index (χ1v) is 6.74. The van der Waals surface area contributed by atoms with Gasteiger partial charge in [0, 0.05) is 29.4 Å². The van der Waals surface area contributed by atoms with Crippen LogP contribution in [0, 0.1) is 0 Å². The van der Waals surface area contributed by atoms with Crippen molar-refractivity contribution in [3.8, 4) is 0 Å². The standard InChI is InChI=1S/C12H16N2S/c13-12(3-4-12)2-1-9-5-14-6-10-7-15-8-11(9)10/h5-6H,1-4,7-8,13H2. The summed E-state index contributed by atoms with van der Waals surface area (Å²) in [6, 6.07) is 0. The summed E-state index contributed by atoms with van der Waals surface area (Å²) in [4.78, 5) is 4.32. The van der Waals surface area contributed by atoms with Gasteiger partial charge in [-0.05, 0) is 42.4 Å². The Kier molecular flexibility index (Phi) is 2.25. The van der Waals surface area contributed by atoms with Crippen molar-refractivity contribution in [1.29, 1.82) is 0 Å². The maximum Gasteiger partial charge on any atom is 0.0311 e. The quantitative estimate of drug-likeness (QED) is 0.849. The second-order valence-electron chi connectivity index (χ2n) is 4.79. The van der Waals surface area contributed by atoms with Crippen LogP contribution in [0.2, 0.25) is 0 Å². The zero-order chi connectivity index (χ0) is 10.3. The fourth-order valence-electron chi connectivity index (χ4n) is 2.16. The Morgan fingerprint density at radius 3 is 3.00 bits per heavy atom. The highest BCUT2D eigenvalue weighted by Crippen LogP contribution is 2.38. The van der Waals surface area contributed by atoms with Gasteiger partial charge in [0.2, 0.25) is 0 Å². The van der Waals surface area contributed by atoms with Gasteiger partial charge in [0.05, 0.1) is 0 Å². The van der Waals surface area contributed by atoms with Gasteiger partial charge in [0.1, 0.15) is 0 Å². The monoisotopic (exact) mass is 220 g/mol. The highest BCUT2D eigenvalue weighted by atomic mass is 32.2. The van der Waals surface area contributed by atoms with Crippen molar-refractivity contribution in [3.63, 3.8) is 0 Å². The van der Waals surface area contributed by atoms with E-state index in [1.165, 1.54) is 29.7 Å². The van der Waals surface area contributed by atoms with E-state index < -0.39 is 0 Å². The van der Waals surface area contributed by atoms with Crippen molar-refractivity contribution in [2.75, 3.05) is 0 Å². The van der Waals surface area contributed by atoms with Crippen molar-refractivity contribution in [1.82, 2.24) is 4.98 Å². The van der Waals surface area contributed by atoms with E-state index in [0.29, 0.717) is 0 Å². The fourth-order valence-corrected chi connectivity index (χ4v) is 3.31. The molecule has 15 heavy (non-hydrogen) atoms. The molecule has 0 amide bonds. The lowest BCUT2D eigenvalue weighted by molar-refractivity contribution is 0.607. The summed E-state index contributed by atoms with van der Waals surface area (Å²) in [5.41, 5.74) is 10.7. The molecule has 1 saturated carbocycles. The lowest BCUT2D eigenvalue weighted by Gasteiger charge is -2.10. The average molecular weight is 220 g/mol. The number of thioether (sulfide) groups is 1. The van der Waals surface area contributed by atoms with Gasteiger partial charge >= 0.3 is 0 Å². The Bertz CT molecular complexity index is 385. The van der Waals surface area contributed by atoms with Crippen LogP contribution in [-0.2, 0) is 17.9 Å². The number of hydrogen-bond donors (Lipinski definition) is 1. The highest BCUT2D eigenvalue weighted by molar-refractivity contribution is 7.98. The van der Waals surface area contributed by atoms with Crippen LogP contribution < -0.4 is 5.73 Å². The molecule has 3 heteroatoms. The first kappa shape index (κ1) is 9.67. The van der Waals surface area contributed by atoms with E-state index in [1.807, 2.05) is 24.2 Å². The van der Waals surface area contributed by atoms with Crippen LogP contribution in [0.4, 0.5) is 0 Å².